The highest BCUT2D eigenvalue weighted by Gasteiger charge is 2.05. The highest BCUT2D eigenvalue weighted by molar-refractivity contribution is 7.13. The zero-order valence-corrected chi connectivity index (χ0v) is 10.6. The van der Waals surface area contributed by atoms with Crippen LogP contribution in [-0.4, -0.2) is 17.0 Å². The van der Waals surface area contributed by atoms with Crippen molar-refractivity contribution in [2.75, 3.05) is 7.05 Å². The van der Waals surface area contributed by atoms with Crippen molar-refractivity contribution >= 4 is 11.3 Å². The molecule has 0 fully saturated rings. The number of hydrogen-bond acceptors (Lipinski definition) is 4. The van der Waals surface area contributed by atoms with E-state index in [0.29, 0.717) is 0 Å². The molecule has 0 unspecified atom stereocenters. The van der Waals surface area contributed by atoms with Gasteiger partial charge < -0.3 is 5.32 Å². The molecule has 1 N–H and O–H groups in total. The first-order valence-electron chi connectivity index (χ1n) is 5.23. The van der Waals surface area contributed by atoms with Crippen molar-refractivity contribution in [1.82, 2.24) is 15.3 Å². The molecule has 0 atom stereocenters. The van der Waals surface area contributed by atoms with Crippen molar-refractivity contribution in [3.8, 4) is 10.6 Å². The molecule has 0 saturated carbocycles. The van der Waals surface area contributed by atoms with Crippen LogP contribution in [0, 0.1) is 13.8 Å². The maximum Gasteiger partial charge on any atom is 0.123 e. The van der Waals surface area contributed by atoms with Gasteiger partial charge in [-0.3, -0.25) is 4.98 Å². The molecule has 4 heteroatoms. The maximum atomic E-state index is 4.58. The van der Waals surface area contributed by atoms with Crippen LogP contribution in [0.4, 0.5) is 0 Å². The van der Waals surface area contributed by atoms with Gasteiger partial charge >= 0.3 is 0 Å². The predicted molar refractivity (Wildman–Crippen MR) is 67.6 cm³/mol. The zero-order valence-electron chi connectivity index (χ0n) is 9.74. The molecule has 16 heavy (non-hydrogen) atoms. The molecule has 2 aromatic heterocycles. The van der Waals surface area contributed by atoms with Crippen LogP contribution in [0.25, 0.3) is 10.6 Å². The molecule has 2 aromatic rings. The number of nitrogens with zero attached hydrogens (tertiary/aromatic N) is 2. The van der Waals surface area contributed by atoms with Crippen molar-refractivity contribution in [2.24, 2.45) is 0 Å². The minimum atomic E-state index is 0.819. The van der Waals surface area contributed by atoms with Crippen LogP contribution >= 0.6 is 11.3 Å². The standard InChI is InChI=1S/C12H15N3S/c1-8-4-10(5-9(2)14-8)12-15-11(6-13-3)7-16-12/h4-5,7,13H,6H2,1-3H3. The summed E-state index contributed by atoms with van der Waals surface area (Å²) in [5.41, 5.74) is 4.34. The van der Waals surface area contributed by atoms with Gasteiger partial charge in [-0.1, -0.05) is 0 Å². The van der Waals surface area contributed by atoms with Crippen molar-refractivity contribution in [3.63, 3.8) is 0 Å². The first-order valence-corrected chi connectivity index (χ1v) is 6.11. The lowest BCUT2D eigenvalue weighted by Gasteiger charge is -2.00. The lowest BCUT2D eigenvalue weighted by molar-refractivity contribution is 0.798. The third kappa shape index (κ3) is 2.46. The van der Waals surface area contributed by atoms with Crippen LogP contribution in [0.5, 0.6) is 0 Å². The Balaban J connectivity index is 2.34. The van der Waals surface area contributed by atoms with Gasteiger partial charge in [0.1, 0.15) is 5.01 Å². The summed E-state index contributed by atoms with van der Waals surface area (Å²) in [6.07, 6.45) is 0. The quantitative estimate of drug-likeness (QED) is 0.885. The normalized spacial score (nSPS) is 10.7. The topological polar surface area (TPSA) is 37.8 Å². The molecule has 0 aromatic carbocycles. The second-order valence-electron chi connectivity index (χ2n) is 3.81. The third-order valence-corrected chi connectivity index (χ3v) is 3.18. The van der Waals surface area contributed by atoms with E-state index in [9.17, 15) is 0 Å². The highest BCUT2D eigenvalue weighted by atomic mass is 32.1. The molecule has 0 bridgehead atoms. The summed E-state index contributed by atoms with van der Waals surface area (Å²) in [4.78, 5) is 8.95. The molecule has 0 aliphatic heterocycles. The smallest absolute Gasteiger partial charge is 0.123 e. The van der Waals surface area contributed by atoms with E-state index in [2.05, 4.69) is 32.8 Å². The van der Waals surface area contributed by atoms with Crippen LogP contribution in [0.2, 0.25) is 0 Å². The molecule has 3 nitrogen and oxygen atoms in total. The van der Waals surface area contributed by atoms with E-state index < -0.39 is 0 Å². The average Bonchev–Trinajstić information content (AvgIpc) is 2.65. The minimum Gasteiger partial charge on any atom is -0.314 e. The number of hydrogen-bond donors (Lipinski definition) is 1. The van der Waals surface area contributed by atoms with Crippen LogP contribution in [-0.2, 0) is 6.54 Å². The Morgan fingerprint density at radius 1 is 1.19 bits per heavy atom. The molecule has 84 valence electrons. The molecule has 0 radical (unpaired) electrons. The van der Waals surface area contributed by atoms with Gasteiger partial charge in [-0.25, -0.2) is 4.98 Å². The summed E-state index contributed by atoms with van der Waals surface area (Å²) in [5.74, 6) is 0. The highest BCUT2D eigenvalue weighted by Crippen LogP contribution is 2.24. The Morgan fingerprint density at radius 3 is 2.50 bits per heavy atom. The summed E-state index contributed by atoms with van der Waals surface area (Å²) < 4.78 is 0. The van der Waals surface area contributed by atoms with Crippen LogP contribution in [0.1, 0.15) is 17.1 Å². The molecule has 0 aliphatic carbocycles. The van der Waals surface area contributed by atoms with Gasteiger partial charge in [0.05, 0.1) is 5.69 Å². The zero-order chi connectivity index (χ0) is 11.5. The first-order chi connectivity index (χ1) is 7.69. The first kappa shape index (κ1) is 11.2. The number of thiazole rings is 1. The molecule has 2 heterocycles. The largest absolute Gasteiger partial charge is 0.314 e. The molecule has 2 rings (SSSR count). The van der Waals surface area contributed by atoms with Crippen molar-refractivity contribution in [2.45, 2.75) is 20.4 Å². The fourth-order valence-corrected chi connectivity index (χ4v) is 2.47. The predicted octanol–water partition coefficient (Wildman–Crippen LogP) is 2.54. The molecule has 0 saturated heterocycles. The molecular weight excluding hydrogens is 218 g/mol. The number of aromatic nitrogens is 2. The summed E-state index contributed by atoms with van der Waals surface area (Å²) >= 11 is 1.68. The van der Waals surface area contributed by atoms with Gasteiger partial charge in [0.2, 0.25) is 0 Å². The second kappa shape index (κ2) is 4.72. The van der Waals surface area contributed by atoms with Gasteiger partial charge in [-0.15, -0.1) is 11.3 Å². The summed E-state index contributed by atoms with van der Waals surface area (Å²) in [5, 5.41) is 6.27. The van der Waals surface area contributed by atoms with E-state index in [4.69, 9.17) is 0 Å². The van der Waals surface area contributed by atoms with Gasteiger partial charge in [0, 0.05) is 28.9 Å². The summed E-state index contributed by atoms with van der Waals surface area (Å²) in [6.45, 7) is 4.84. The fraction of sp³-hybridized carbons (Fsp3) is 0.333. The Labute approximate surface area is 99.6 Å². The molecule has 0 amide bonds. The number of nitrogens with one attached hydrogen (secondary N) is 1. The van der Waals surface area contributed by atoms with Crippen molar-refractivity contribution < 1.29 is 0 Å². The SMILES string of the molecule is CNCc1csc(-c2cc(C)nc(C)c2)n1. The van der Waals surface area contributed by atoms with Gasteiger partial charge in [-0.05, 0) is 33.0 Å². The van der Waals surface area contributed by atoms with Crippen LogP contribution in [0.15, 0.2) is 17.5 Å². The number of rotatable bonds is 3. The van der Waals surface area contributed by atoms with Gasteiger partial charge in [0.25, 0.3) is 0 Å². The summed E-state index contributed by atoms with van der Waals surface area (Å²) in [6, 6.07) is 4.16. The molecule has 0 aliphatic rings. The van der Waals surface area contributed by atoms with Crippen molar-refractivity contribution in [1.29, 1.82) is 0 Å². The number of aryl methyl sites for hydroxylation is 2. The third-order valence-electron chi connectivity index (χ3n) is 2.24. The minimum absolute atomic E-state index is 0.819. The van der Waals surface area contributed by atoms with Gasteiger partial charge in [-0.2, -0.15) is 0 Å². The Hall–Kier alpha value is -1.26. The number of pyridine rings is 1. The van der Waals surface area contributed by atoms with E-state index >= 15 is 0 Å². The van der Waals surface area contributed by atoms with E-state index in [-0.39, 0.29) is 0 Å². The lowest BCUT2D eigenvalue weighted by atomic mass is 10.2. The lowest BCUT2D eigenvalue weighted by Crippen LogP contribution is -2.04. The summed E-state index contributed by atoms with van der Waals surface area (Å²) in [7, 11) is 1.93. The Bertz CT molecular complexity index is 471. The fourth-order valence-electron chi connectivity index (χ4n) is 1.66. The van der Waals surface area contributed by atoms with Crippen molar-refractivity contribution in [3.05, 3.63) is 34.6 Å². The monoisotopic (exact) mass is 233 g/mol. The van der Waals surface area contributed by atoms with E-state index in [1.54, 1.807) is 11.3 Å². The van der Waals surface area contributed by atoms with E-state index in [0.717, 1.165) is 34.2 Å². The maximum absolute atomic E-state index is 4.58. The molecule has 0 spiro atoms. The molecular formula is C12H15N3S. The Morgan fingerprint density at radius 2 is 1.88 bits per heavy atom. The van der Waals surface area contributed by atoms with Crippen LogP contribution < -0.4 is 5.32 Å². The van der Waals surface area contributed by atoms with Crippen LogP contribution in [0.3, 0.4) is 0 Å². The van der Waals surface area contributed by atoms with Gasteiger partial charge in [0.15, 0.2) is 0 Å². The van der Waals surface area contributed by atoms with E-state index in [1.807, 2.05) is 20.9 Å². The average molecular weight is 233 g/mol. The second-order valence-corrected chi connectivity index (χ2v) is 4.67. The Kier molecular flexibility index (Phi) is 3.31. The van der Waals surface area contributed by atoms with E-state index in [1.165, 1.54) is 0 Å².